The highest BCUT2D eigenvalue weighted by Gasteiger charge is 2.43. The van der Waals surface area contributed by atoms with E-state index in [-0.39, 0.29) is 29.1 Å². The summed E-state index contributed by atoms with van der Waals surface area (Å²) < 4.78 is 5.54. The SMILES string of the molecule is COC1CC2CC[C@@H](C1)N2C(=O)c1ccc(Nc2nc(-c3sc(C(N)=O)nc3C)cs2)nc1. The molecule has 5 rings (SSSR count). The number of carbonyl (C=O) groups is 2. The van der Waals surface area contributed by atoms with Gasteiger partial charge in [0.25, 0.3) is 11.8 Å². The van der Waals surface area contributed by atoms with Gasteiger partial charge >= 0.3 is 0 Å². The van der Waals surface area contributed by atoms with Crippen LogP contribution in [0.15, 0.2) is 23.7 Å². The van der Waals surface area contributed by atoms with Crippen LogP contribution in [0, 0.1) is 6.92 Å². The second-order valence-corrected chi connectivity index (χ2v) is 10.2. The zero-order chi connectivity index (χ0) is 23.1. The molecule has 3 aromatic heterocycles. The summed E-state index contributed by atoms with van der Waals surface area (Å²) >= 11 is 2.65. The molecule has 0 radical (unpaired) electrons. The maximum absolute atomic E-state index is 13.1. The maximum atomic E-state index is 13.1. The molecule has 2 bridgehead atoms. The molecule has 2 aliphatic rings. The van der Waals surface area contributed by atoms with Crippen LogP contribution >= 0.6 is 22.7 Å². The fourth-order valence-corrected chi connectivity index (χ4v) is 6.34. The van der Waals surface area contributed by atoms with Gasteiger partial charge < -0.3 is 20.7 Å². The predicted molar refractivity (Wildman–Crippen MR) is 127 cm³/mol. The van der Waals surface area contributed by atoms with Gasteiger partial charge in [0.1, 0.15) is 5.82 Å². The van der Waals surface area contributed by atoms with Crippen molar-refractivity contribution in [2.75, 3.05) is 12.4 Å². The molecule has 2 unspecified atom stereocenters. The van der Waals surface area contributed by atoms with Crippen molar-refractivity contribution < 1.29 is 14.3 Å². The molecule has 33 heavy (non-hydrogen) atoms. The Morgan fingerprint density at radius 1 is 1.21 bits per heavy atom. The number of aromatic nitrogens is 3. The topological polar surface area (TPSA) is 123 Å². The molecule has 9 nitrogen and oxygen atoms in total. The van der Waals surface area contributed by atoms with Gasteiger partial charge in [0.2, 0.25) is 0 Å². The van der Waals surface area contributed by atoms with E-state index in [9.17, 15) is 9.59 Å². The van der Waals surface area contributed by atoms with Gasteiger partial charge in [-0.2, -0.15) is 0 Å². The van der Waals surface area contributed by atoms with Crippen molar-refractivity contribution >= 4 is 45.4 Å². The van der Waals surface area contributed by atoms with Gasteiger partial charge in [-0.15, -0.1) is 22.7 Å². The number of primary amides is 1. The summed E-state index contributed by atoms with van der Waals surface area (Å²) in [7, 11) is 1.75. The van der Waals surface area contributed by atoms with Gasteiger partial charge in [-0.05, 0) is 44.7 Å². The molecule has 172 valence electrons. The highest BCUT2D eigenvalue weighted by Crippen LogP contribution is 2.38. The zero-order valence-corrected chi connectivity index (χ0v) is 19.9. The van der Waals surface area contributed by atoms with Crippen molar-refractivity contribution in [2.45, 2.75) is 50.8 Å². The fraction of sp³-hybridized carbons (Fsp3) is 0.409. The third-order valence-corrected chi connectivity index (χ3v) is 8.20. The van der Waals surface area contributed by atoms with E-state index in [1.54, 1.807) is 25.4 Å². The van der Waals surface area contributed by atoms with Crippen molar-refractivity contribution in [3.05, 3.63) is 40.0 Å². The Labute approximate surface area is 199 Å². The summed E-state index contributed by atoms with van der Waals surface area (Å²) in [4.78, 5) is 40.6. The average molecular weight is 485 g/mol. The molecule has 2 fully saturated rings. The van der Waals surface area contributed by atoms with Crippen LogP contribution in [0.5, 0.6) is 0 Å². The number of rotatable bonds is 6. The second-order valence-electron chi connectivity index (χ2n) is 8.32. The Bertz CT molecular complexity index is 1180. The molecule has 0 aromatic carbocycles. The molecule has 0 saturated carbocycles. The number of amides is 2. The first-order valence-electron chi connectivity index (χ1n) is 10.7. The van der Waals surface area contributed by atoms with Crippen LogP contribution in [-0.4, -0.2) is 57.0 Å². The van der Waals surface area contributed by atoms with Crippen LogP contribution in [0.1, 0.15) is 51.5 Å². The number of pyridine rings is 1. The number of anilines is 2. The maximum Gasteiger partial charge on any atom is 0.277 e. The van der Waals surface area contributed by atoms with E-state index in [2.05, 4.69) is 20.3 Å². The molecular weight excluding hydrogens is 460 g/mol. The minimum Gasteiger partial charge on any atom is -0.381 e. The van der Waals surface area contributed by atoms with Crippen molar-refractivity contribution in [1.82, 2.24) is 19.9 Å². The quantitative estimate of drug-likeness (QED) is 0.548. The lowest BCUT2D eigenvalue weighted by atomic mass is 9.99. The number of thiazole rings is 2. The number of ether oxygens (including phenoxy) is 1. The number of nitrogens with zero attached hydrogens (tertiary/aromatic N) is 4. The molecule has 2 aliphatic heterocycles. The predicted octanol–water partition coefficient (Wildman–Crippen LogP) is 3.59. The molecule has 3 N–H and O–H groups in total. The second kappa shape index (κ2) is 8.81. The molecule has 3 aromatic rings. The smallest absolute Gasteiger partial charge is 0.277 e. The molecule has 0 spiro atoms. The van der Waals surface area contributed by atoms with Crippen LogP contribution in [0.25, 0.3) is 10.6 Å². The van der Waals surface area contributed by atoms with Crippen molar-refractivity contribution in [1.29, 1.82) is 0 Å². The zero-order valence-electron chi connectivity index (χ0n) is 18.3. The summed E-state index contributed by atoms with van der Waals surface area (Å²) in [5, 5.41) is 6.00. The summed E-state index contributed by atoms with van der Waals surface area (Å²) in [6, 6.07) is 4.10. The van der Waals surface area contributed by atoms with Crippen LogP contribution in [0.3, 0.4) is 0 Å². The van der Waals surface area contributed by atoms with E-state index in [4.69, 9.17) is 10.5 Å². The first-order valence-corrected chi connectivity index (χ1v) is 12.4. The number of nitrogens with one attached hydrogen (secondary N) is 1. The summed E-state index contributed by atoms with van der Waals surface area (Å²) in [6.07, 6.45) is 5.74. The minimum atomic E-state index is -0.544. The number of fused-ring (bicyclic) bond motifs is 2. The number of methoxy groups -OCH3 is 1. The Hall–Kier alpha value is -2.89. The van der Waals surface area contributed by atoms with Crippen molar-refractivity contribution in [3.63, 3.8) is 0 Å². The standard InChI is InChI=1S/C22H24N6O3S2/c1-11-18(33-20(25-11)19(23)29)16-10-32-22(26-16)27-17-6-3-12(9-24-17)21(30)28-13-4-5-14(28)8-15(7-13)31-2/h3,6,9-10,13-15H,4-5,7-8H2,1-2H3,(H2,23,29)(H,24,26,27)/t13-,14?,15?/m0/s1. The van der Waals surface area contributed by atoms with Crippen LogP contribution < -0.4 is 11.1 Å². The normalized spacial score (nSPS) is 21.9. The Kier molecular flexibility index (Phi) is 5.85. The lowest BCUT2D eigenvalue weighted by Crippen LogP contribution is -2.48. The number of aryl methyl sites for hydroxylation is 1. The van der Waals surface area contributed by atoms with Gasteiger partial charge in [-0.25, -0.2) is 15.0 Å². The van der Waals surface area contributed by atoms with Gasteiger partial charge in [0.05, 0.1) is 27.9 Å². The lowest BCUT2D eigenvalue weighted by Gasteiger charge is -2.38. The fourth-order valence-electron chi connectivity index (χ4n) is 4.68. The molecular formula is C22H24N6O3S2. The number of nitrogens with two attached hydrogens (primary N) is 1. The van der Waals surface area contributed by atoms with Gasteiger partial charge in [-0.3, -0.25) is 9.59 Å². The van der Waals surface area contributed by atoms with Crippen molar-refractivity contribution in [2.24, 2.45) is 5.73 Å². The Morgan fingerprint density at radius 2 is 1.97 bits per heavy atom. The number of piperidine rings is 1. The molecule has 3 atom stereocenters. The van der Waals surface area contributed by atoms with E-state index in [1.165, 1.54) is 22.7 Å². The third-order valence-electron chi connectivity index (χ3n) is 6.25. The number of hydrogen-bond donors (Lipinski definition) is 2. The number of hydrogen-bond acceptors (Lipinski definition) is 9. The average Bonchev–Trinajstić information content (AvgIpc) is 3.49. The highest BCUT2D eigenvalue weighted by atomic mass is 32.1. The highest BCUT2D eigenvalue weighted by molar-refractivity contribution is 7.18. The number of carbonyl (C=O) groups excluding carboxylic acids is 2. The van der Waals surface area contributed by atoms with Crippen LogP contribution in [0.2, 0.25) is 0 Å². The third kappa shape index (κ3) is 4.23. The first kappa shape index (κ1) is 21.9. The van der Waals surface area contributed by atoms with Crippen LogP contribution in [-0.2, 0) is 4.74 Å². The molecule has 2 amide bonds. The van der Waals surface area contributed by atoms with E-state index in [0.29, 0.717) is 16.5 Å². The molecule has 5 heterocycles. The largest absolute Gasteiger partial charge is 0.381 e. The van der Waals surface area contributed by atoms with Gasteiger partial charge in [0.15, 0.2) is 10.1 Å². The monoisotopic (exact) mass is 484 g/mol. The van der Waals surface area contributed by atoms with E-state index < -0.39 is 5.91 Å². The van der Waals surface area contributed by atoms with Gasteiger partial charge in [-0.1, -0.05) is 0 Å². The lowest BCUT2D eigenvalue weighted by molar-refractivity contribution is 0.00820. The van der Waals surface area contributed by atoms with Crippen molar-refractivity contribution in [3.8, 4) is 10.6 Å². The molecule has 11 heteroatoms. The summed E-state index contributed by atoms with van der Waals surface area (Å²) in [5.41, 5.74) is 7.37. The Balaban J connectivity index is 1.27. The molecule has 0 aliphatic carbocycles. The first-order chi connectivity index (χ1) is 15.9. The van der Waals surface area contributed by atoms with Gasteiger partial charge in [0, 0.05) is 30.8 Å². The Morgan fingerprint density at radius 3 is 2.58 bits per heavy atom. The molecule has 2 saturated heterocycles. The summed E-state index contributed by atoms with van der Waals surface area (Å²) in [5.74, 6) is 0.101. The van der Waals surface area contributed by atoms with Crippen LogP contribution in [0.4, 0.5) is 10.9 Å². The summed E-state index contributed by atoms with van der Waals surface area (Å²) in [6.45, 7) is 1.83. The van der Waals surface area contributed by atoms with E-state index in [1.807, 2.05) is 17.2 Å². The van der Waals surface area contributed by atoms with E-state index in [0.717, 1.165) is 41.9 Å². The minimum absolute atomic E-state index is 0.0403. The van der Waals surface area contributed by atoms with E-state index >= 15 is 0 Å².